The second-order valence-electron chi connectivity index (χ2n) is 8.97. The lowest BCUT2D eigenvalue weighted by atomic mass is 9.88. The van der Waals surface area contributed by atoms with Gasteiger partial charge in [-0.05, 0) is 74.6 Å². The maximum absolute atomic E-state index is 13.2. The molecule has 35 heavy (non-hydrogen) atoms. The van der Waals surface area contributed by atoms with Crippen LogP contribution in [0, 0.1) is 11.7 Å². The molecule has 1 fully saturated rings. The molecule has 4 rings (SSSR count). The number of hydrogen-bond donors (Lipinski definition) is 2. The van der Waals surface area contributed by atoms with Crippen LogP contribution < -0.4 is 20.1 Å². The number of likely N-dealkylation sites (tertiary alicyclic amines) is 1. The summed E-state index contributed by atoms with van der Waals surface area (Å²) >= 11 is 0. The van der Waals surface area contributed by atoms with E-state index in [1.165, 1.54) is 24.3 Å². The van der Waals surface area contributed by atoms with Crippen molar-refractivity contribution in [3.8, 4) is 11.5 Å². The van der Waals surface area contributed by atoms with Gasteiger partial charge in [0.1, 0.15) is 11.9 Å². The normalized spacial score (nSPS) is 16.9. The molecule has 2 aliphatic rings. The highest BCUT2D eigenvalue weighted by atomic mass is 19.1. The minimum absolute atomic E-state index is 0.0346. The van der Waals surface area contributed by atoms with Gasteiger partial charge in [0.15, 0.2) is 11.5 Å². The van der Waals surface area contributed by atoms with Crippen LogP contribution in [0.2, 0.25) is 0 Å². The minimum atomic E-state index is -0.745. The van der Waals surface area contributed by atoms with Crippen LogP contribution in [0.5, 0.6) is 11.5 Å². The number of fused-ring (bicyclic) bond motifs is 1. The second kappa shape index (κ2) is 10.8. The van der Waals surface area contributed by atoms with E-state index in [-0.39, 0.29) is 36.5 Å². The standard InChI is InChI=1S/C26H30FN3O5/c1-3-16(2)28-25(32)23(29-24(31)19-6-9-21-22(14-19)35-15-34-21)17-10-12-30(13-11-17)26(33)18-4-7-20(27)8-5-18/h4-9,14,16-17,23H,3,10-13,15H2,1-2H3,(H,28,32)(H,29,31)/t16-,23+/m0/s1. The zero-order valence-electron chi connectivity index (χ0n) is 19.9. The molecule has 0 radical (unpaired) electrons. The van der Waals surface area contributed by atoms with E-state index < -0.39 is 11.9 Å². The Morgan fingerprint density at radius 2 is 1.66 bits per heavy atom. The first-order valence-electron chi connectivity index (χ1n) is 11.9. The first kappa shape index (κ1) is 24.5. The van der Waals surface area contributed by atoms with Gasteiger partial charge in [-0.15, -0.1) is 0 Å². The lowest BCUT2D eigenvalue weighted by Gasteiger charge is -2.36. The van der Waals surface area contributed by atoms with Crippen LogP contribution in [-0.4, -0.2) is 54.6 Å². The van der Waals surface area contributed by atoms with Crippen LogP contribution in [0.4, 0.5) is 4.39 Å². The number of rotatable bonds is 7. The van der Waals surface area contributed by atoms with E-state index in [9.17, 15) is 18.8 Å². The van der Waals surface area contributed by atoms with Gasteiger partial charge in [-0.25, -0.2) is 4.39 Å². The summed E-state index contributed by atoms with van der Waals surface area (Å²) in [7, 11) is 0. The lowest BCUT2D eigenvalue weighted by Crippen LogP contribution is -2.55. The molecule has 2 atom stereocenters. The zero-order valence-corrected chi connectivity index (χ0v) is 19.9. The lowest BCUT2D eigenvalue weighted by molar-refractivity contribution is -0.125. The SMILES string of the molecule is CC[C@H](C)NC(=O)[C@H](NC(=O)c1ccc2c(c1)OCO2)C1CCN(C(=O)c2ccc(F)cc2)CC1. The van der Waals surface area contributed by atoms with Crippen LogP contribution in [-0.2, 0) is 4.79 Å². The third-order valence-corrected chi connectivity index (χ3v) is 6.59. The van der Waals surface area contributed by atoms with Gasteiger partial charge < -0.3 is 25.0 Å². The van der Waals surface area contributed by atoms with Gasteiger partial charge in [0.2, 0.25) is 12.7 Å². The Kier molecular flexibility index (Phi) is 7.53. The molecule has 3 amide bonds. The fourth-order valence-corrected chi connectivity index (χ4v) is 4.31. The Morgan fingerprint density at radius 3 is 2.34 bits per heavy atom. The fraction of sp³-hybridized carbons (Fsp3) is 0.423. The van der Waals surface area contributed by atoms with Crippen LogP contribution in [0.25, 0.3) is 0 Å². The number of nitrogens with zero attached hydrogens (tertiary/aromatic N) is 1. The van der Waals surface area contributed by atoms with Crippen molar-refractivity contribution < 1.29 is 28.2 Å². The average Bonchev–Trinajstić information content (AvgIpc) is 3.35. The number of carbonyl (C=O) groups is 3. The smallest absolute Gasteiger partial charge is 0.253 e. The molecular weight excluding hydrogens is 453 g/mol. The Hall–Kier alpha value is -3.62. The van der Waals surface area contributed by atoms with Gasteiger partial charge in [-0.1, -0.05) is 6.92 Å². The van der Waals surface area contributed by atoms with E-state index in [1.807, 2.05) is 13.8 Å². The molecule has 0 unspecified atom stereocenters. The number of piperidine rings is 1. The average molecular weight is 484 g/mol. The van der Waals surface area contributed by atoms with Crippen molar-refractivity contribution >= 4 is 17.7 Å². The maximum Gasteiger partial charge on any atom is 0.253 e. The Balaban J connectivity index is 1.44. The summed E-state index contributed by atoms with van der Waals surface area (Å²) in [4.78, 5) is 40.7. The highest BCUT2D eigenvalue weighted by molar-refractivity contribution is 5.98. The van der Waals surface area contributed by atoms with E-state index in [4.69, 9.17) is 9.47 Å². The van der Waals surface area contributed by atoms with Crippen molar-refractivity contribution in [3.63, 3.8) is 0 Å². The van der Waals surface area contributed by atoms with Crippen molar-refractivity contribution in [2.24, 2.45) is 5.92 Å². The highest BCUT2D eigenvalue weighted by Crippen LogP contribution is 2.32. The molecule has 8 nitrogen and oxygen atoms in total. The number of nitrogens with one attached hydrogen (secondary N) is 2. The molecule has 2 aliphatic heterocycles. The Morgan fingerprint density at radius 1 is 1.00 bits per heavy atom. The molecule has 0 aromatic heterocycles. The van der Waals surface area contributed by atoms with Gasteiger partial charge in [-0.2, -0.15) is 0 Å². The number of ether oxygens (including phenoxy) is 2. The van der Waals surface area contributed by atoms with E-state index in [0.29, 0.717) is 48.6 Å². The summed E-state index contributed by atoms with van der Waals surface area (Å²) in [5, 5.41) is 5.89. The molecule has 2 aromatic rings. The van der Waals surface area contributed by atoms with Crippen LogP contribution in [0.1, 0.15) is 53.8 Å². The number of carbonyl (C=O) groups excluding carboxylic acids is 3. The molecule has 1 saturated heterocycles. The summed E-state index contributed by atoms with van der Waals surface area (Å²) in [6.45, 7) is 4.88. The summed E-state index contributed by atoms with van der Waals surface area (Å²) in [5.74, 6) is -0.262. The third-order valence-electron chi connectivity index (χ3n) is 6.59. The number of benzene rings is 2. The summed E-state index contributed by atoms with van der Waals surface area (Å²) in [5.41, 5.74) is 0.798. The fourth-order valence-electron chi connectivity index (χ4n) is 4.31. The first-order valence-corrected chi connectivity index (χ1v) is 11.9. The third kappa shape index (κ3) is 5.72. The molecule has 0 bridgehead atoms. The van der Waals surface area contributed by atoms with Crippen LogP contribution in [0.3, 0.4) is 0 Å². The molecule has 0 saturated carbocycles. The molecule has 186 valence electrons. The Labute approximate surface area is 203 Å². The van der Waals surface area contributed by atoms with Crippen molar-refractivity contribution in [3.05, 3.63) is 59.4 Å². The second-order valence-corrected chi connectivity index (χ2v) is 8.97. The Bertz CT molecular complexity index is 1080. The molecular formula is C26H30FN3O5. The molecule has 2 heterocycles. The van der Waals surface area contributed by atoms with Crippen LogP contribution >= 0.6 is 0 Å². The maximum atomic E-state index is 13.2. The van der Waals surface area contributed by atoms with Gasteiger partial charge in [0.25, 0.3) is 11.8 Å². The number of hydrogen-bond acceptors (Lipinski definition) is 5. The predicted molar refractivity (Wildman–Crippen MR) is 127 cm³/mol. The molecule has 2 N–H and O–H groups in total. The number of halogens is 1. The monoisotopic (exact) mass is 483 g/mol. The minimum Gasteiger partial charge on any atom is -0.454 e. The predicted octanol–water partition coefficient (Wildman–Crippen LogP) is 3.12. The van der Waals surface area contributed by atoms with Crippen molar-refractivity contribution in [2.45, 2.75) is 45.2 Å². The van der Waals surface area contributed by atoms with Crippen LogP contribution in [0.15, 0.2) is 42.5 Å². The summed E-state index contributed by atoms with van der Waals surface area (Å²) in [6.07, 6.45) is 1.86. The van der Waals surface area contributed by atoms with Gasteiger partial charge in [-0.3, -0.25) is 14.4 Å². The van der Waals surface area contributed by atoms with Crippen molar-refractivity contribution in [1.82, 2.24) is 15.5 Å². The zero-order chi connectivity index (χ0) is 24.9. The number of amides is 3. The summed E-state index contributed by atoms with van der Waals surface area (Å²) in [6, 6.07) is 9.60. The summed E-state index contributed by atoms with van der Waals surface area (Å²) < 4.78 is 23.9. The molecule has 9 heteroatoms. The van der Waals surface area contributed by atoms with Crippen molar-refractivity contribution in [2.75, 3.05) is 19.9 Å². The van der Waals surface area contributed by atoms with Gasteiger partial charge in [0, 0.05) is 30.3 Å². The molecule has 0 aliphatic carbocycles. The van der Waals surface area contributed by atoms with E-state index in [0.717, 1.165) is 6.42 Å². The van der Waals surface area contributed by atoms with E-state index in [2.05, 4.69) is 10.6 Å². The topological polar surface area (TPSA) is 97.0 Å². The quantitative estimate of drug-likeness (QED) is 0.631. The van der Waals surface area contributed by atoms with E-state index in [1.54, 1.807) is 23.1 Å². The highest BCUT2D eigenvalue weighted by Gasteiger charge is 2.34. The van der Waals surface area contributed by atoms with E-state index >= 15 is 0 Å². The molecule has 2 aromatic carbocycles. The van der Waals surface area contributed by atoms with Crippen molar-refractivity contribution in [1.29, 1.82) is 0 Å². The van der Waals surface area contributed by atoms with Gasteiger partial charge in [0.05, 0.1) is 0 Å². The first-order chi connectivity index (χ1) is 16.9. The molecule has 0 spiro atoms. The largest absolute Gasteiger partial charge is 0.454 e. The van der Waals surface area contributed by atoms with Gasteiger partial charge >= 0.3 is 0 Å².